The number of nitrogens with zero attached hydrogens (tertiary/aromatic N) is 2. The Morgan fingerprint density at radius 3 is 2.29 bits per heavy atom. The second kappa shape index (κ2) is 10.0. The number of ether oxygens (including phenoxy) is 2. The van der Waals surface area contributed by atoms with Gasteiger partial charge in [0, 0.05) is 25.3 Å². The van der Waals surface area contributed by atoms with E-state index >= 15 is 0 Å². The number of amides is 1. The fourth-order valence-corrected chi connectivity index (χ4v) is 4.70. The fourth-order valence-electron chi connectivity index (χ4n) is 3.52. The number of carbonyl (C=O) groups excluding carboxylic acids is 1. The molecule has 1 aliphatic rings. The highest BCUT2D eigenvalue weighted by molar-refractivity contribution is 7.92. The van der Waals surface area contributed by atoms with E-state index in [2.05, 4.69) is 10.2 Å². The summed E-state index contributed by atoms with van der Waals surface area (Å²) in [5.41, 5.74) is 2.46. The summed E-state index contributed by atoms with van der Waals surface area (Å²) in [6.07, 6.45) is 1.09. The summed E-state index contributed by atoms with van der Waals surface area (Å²) >= 11 is 0. The first-order valence-electron chi connectivity index (χ1n) is 10.1. The van der Waals surface area contributed by atoms with E-state index in [9.17, 15) is 13.2 Å². The van der Waals surface area contributed by atoms with Gasteiger partial charge in [-0.25, -0.2) is 8.42 Å². The van der Waals surface area contributed by atoms with Crippen LogP contribution >= 0.6 is 0 Å². The standard InChI is InChI=1S/C22H29N3O5S/c1-17(25(31(3,27)28)20-8-10-21(29-2)11-9-20)22(26)23-16-18-4-6-19(7-5-18)24-12-14-30-15-13-24/h4-11,17H,12-16H2,1-3H3,(H,23,26). The van der Waals surface area contributed by atoms with Crippen molar-refractivity contribution in [1.82, 2.24) is 5.32 Å². The van der Waals surface area contributed by atoms with Gasteiger partial charge in [-0.1, -0.05) is 12.1 Å². The molecule has 1 N–H and O–H groups in total. The van der Waals surface area contributed by atoms with Crippen LogP contribution in [0.5, 0.6) is 5.75 Å². The van der Waals surface area contributed by atoms with Gasteiger partial charge < -0.3 is 19.7 Å². The lowest BCUT2D eigenvalue weighted by Crippen LogP contribution is -2.47. The number of carbonyl (C=O) groups is 1. The second-order valence-electron chi connectivity index (χ2n) is 7.42. The number of hydrogen-bond acceptors (Lipinski definition) is 6. The number of nitrogens with one attached hydrogen (secondary N) is 1. The summed E-state index contributed by atoms with van der Waals surface area (Å²) in [5, 5.41) is 2.84. The molecule has 1 amide bonds. The molecule has 0 aliphatic carbocycles. The van der Waals surface area contributed by atoms with Crippen LogP contribution in [-0.4, -0.2) is 60.0 Å². The summed E-state index contributed by atoms with van der Waals surface area (Å²) in [5.74, 6) is 0.230. The summed E-state index contributed by atoms with van der Waals surface area (Å²) in [6.45, 7) is 5.05. The molecule has 1 heterocycles. The molecular weight excluding hydrogens is 418 g/mol. The zero-order chi connectivity index (χ0) is 22.4. The molecule has 2 aromatic rings. The lowest BCUT2D eigenvalue weighted by atomic mass is 10.1. The summed E-state index contributed by atoms with van der Waals surface area (Å²) in [7, 11) is -2.13. The molecule has 31 heavy (non-hydrogen) atoms. The van der Waals surface area contributed by atoms with Gasteiger partial charge in [0.25, 0.3) is 0 Å². The third-order valence-electron chi connectivity index (χ3n) is 5.19. The summed E-state index contributed by atoms with van der Waals surface area (Å²) in [6, 6.07) is 13.6. The number of morpholine rings is 1. The fraction of sp³-hybridized carbons (Fsp3) is 0.409. The van der Waals surface area contributed by atoms with Crippen molar-refractivity contribution >= 4 is 27.3 Å². The van der Waals surface area contributed by atoms with E-state index in [1.807, 2.05) is 24.3 Å². The van der Waals surface area contributed by atoms with Crippen molar-refractivity contribution < 1.29 is 22.7 Å². The van der Waals surface area contributed by atoms with E-state index in [0.717, 1.165) is 48.1 Å². The average Bonchev–Trinajstić information content (AvgIpc) is 2.78. The molecule has 1 aliphatic heterocycles. The van der Waals surface area contributed by atoms with Crippen molar-refractivity contribution in [3.8, 4) is 5.75 Å². The van der Waals surface area contributed by atoms with Crippen molar-refractivity contribution in [2.24, 2.45) is 0 Å². The Morgan fingerprint density at radius 1 is 1.13 bits per heavy atom. The molecule has 0 saturated carbocycles. The van der Waals surface area contributed by atoms with E-state index in [-0.39, 0.29) is 5.91 Å². The van der Waals surface area contributed by atoms with E-state index in [1.165, 1.54) is 7.11 Å². The normalized spacial score (nSPS) is 15.3. The van der Waals surface area contributed by atoms with Crippen LogP contribution < -0.4 is 19.3 Å². The molecule has 3 rings (SSSR count). The molecule has 9 heteroatoms. The maximum absolute atomic E-state index is 12.8. The molecule has 168 valence electrons. The first kappa shape index (κ1) is 22.9. The van der Waals surface area contributed by atoms with Gasteiger partial charge in [0.1, 0.15) is 11.8 Å². The van der Waals surface area contributed by atoms with Gasteiger partial charge >= 0.3 is 0 Å². The van der Waals surface area contributed by atoms with E-state index in [4.69, 9.17) is 9.47 Å². The topological polar surface area (TPSA) is 88.2 Å². The first-order chi connectivity index (χ1) is 14.8. The minimum Gasteiger partial charge on any atom is -0.497 e. The van der Waals surface area contributed by atoms with Crippen molar-refractivity contribution in [2.45, 2.75) is 19.5 Å². The lowest BCUT2D eigenvalue weighted by Gasteiger charge is -2.29. The van der Waals surface area contributed by atoms with Crippen molar-refractivity contribution in [3.63, 3.8) is 0 Å². The van der Waals surface area contributed by atoms with Crippen LogP contribution in [0.3, 0.4) is 0 Å². The minimum atomic E-state index is -3.67. The van der Waals surface area contributed by atoms with Gasteiger partial charge in [-0.05, 0) is 48.9 Å². The third kappa shape index (κ3) is 5.89. The smallest absolute Gasteiger partial charge is 0.243 e. The minimum absolute atomic E-state index is 0.312. The highest BCUT2D eigenvalue weighted by atomic mass is 32.2. The third-order valence-corrected chi connectivity index (χ3v) is 6.44. The number of hydrogen-bond donors (Lipinski definition) is 1. The average molecular weight is 448 g/mol. The van der Waals surface area contributed by atoms with E-state index < -0.39 is 16.1 Å². The zero-order valence-corrected chi connectivity index (χ0v) is 18.9. The van der Waals surface area contributed by atoms with Crippen LogP contribution in [0, 0.1) is 0 Å². The SMILES string of the molecule is COc1ccc(N(C(C)C(=O)NCc2ccc(N3CCOCC3)cc2)S(C)(=O)=O)cc1. The maximum atomic E-state index is 12.8. The van der Waals surface area contributed by atoms with Gasteiger partial charge in [-0.15, -0.1) is 0 Å². The predicted molar refractivity (Wildman–Crippen MR) is 121 cm³/mol. The van der Waals surface area contributed by atoms with E-state index in [0.29, 0.717) is 18.0 Å². The van der Waals surface area contributed by atoms with Gasteiger partial charge in [0.2, 0.25) is 15.9 Å². The summed E-state index contributed by atoms with van der Waals surface area (Å²) in [4.78, 5) is 15.0. The van der Waals surface area contributed by atoms with Gasteiger partial charge in [0.15, 0.2) is 0 Å². The Kier molecular flexibility index (Phi) is 7.40. The van der Waals surface area contributed by atoms with E-state index in [1.54, 1.807) is 31.2 Å². The van der Waals surface area contributed by atoms with Gasteiger partial charge in [-0.3, -0.25) is 9.10 Å². The monoisotopic (exact) mass is 447 g/mol. The summed E-state index contributed by atoms with van der Waals surface area (Å²) < 4.78 is 36.4. The Morgan fingerprint density at radius 2 is 1.74 bits per heavy atom. The van der Waals surface area contributed by atoms with Crippen LogP contribution in [-0.2, 0) is 26.1 Å². The number of rotatable bonds is 8. The van der Waals surface area contributed by atoms with Gasteiger partial charge in [0.05, 0.1) is 32.3 Å². The van der Waals surface area contributed by atoms with Crippen LogP contribution in [0.15, 0.2) is 48.5 Å². The van der Waals surface area contributed by atoms with Crippen molar-refractivity contribution in [2.75, 3.05) is 48.9 Å². The Balaban J connectivity index is 1.64. The molecule has 1 atom stereocenters. The molecule has 0 bridgehead atoms. The van der Waals surface area contributed by atoms with Crippen LogP contribution in [0.2, 0.25) is 0 Å². The second-order valence-corrected chi connectivity index (χ2v) is 9.28. The lowest BCUT2D eigenvalue weighted by molar-refractivity contribution is -0.122. The van der Waals surface area contributed by atoms with Crippen molar-refractivity contribution in [3.05, 3.63) is 54.1 Å². The first-order valence-corrected chi connectivity index (χ1v) is 12.0. The molecule has 1 fully saturated rings. The highest BCUT2D eigenvalue weighted by Gasteiger charge is 2.29. The zero-order valence-electron chi connectivity index (χ0n) is 18.1. The molecule has 1 saturated heterocycles. The number of methoxy groups -OCH3 is 1. The number of anilines is 2. The molecule has 1 unspecified atom stereocenters. The molecular formula is C22H29N3O5S. The number of sulfonamides is 1. The Hall–Kier alpha value is -2.78. The quantitative estimate of drug-likeness (QED) is 0.666. The molecule has 0 spiro atoms. The van der Waals surface area contributed by atoms with Crippen molar-refractivity contribution in [1.29, 1.82) is 0 Å². The molecule has 0 radical (unpaired) electrons. The Bertz CT molecular complexity index is 971. The largest absolute Gasteiger partial charge is 0.497 e. The number of benzene rings is 2. The van der Waals surface area contributed by atoms with Gasteiger partial charge in [-0.2, -0.15) is 0 Å². The highest BCUT2D eigenvalue weighted by Crippen LogP contribution is 2.24. The maximum Gasteiger partial charge on any atom is 0.243 e. The molecule has 0 aromatic heterocycles. The molecule has 2 aromatic carbocycles. The van der Waals surface area contributed by atoms with Crippen LogP contribution in [0.25, 0.3) is 0 Å². The predicted octanol–water partition coefficient (Wildman–Crippen LogP) is 2.00. The van der Waals surface area contributed by atoms with Crippen LogP contribution in [0.1, 0.15) is 12.5 Å². The van der Waals surface area contributed by atoms with Crippen LogP contribution in [0.4, 0.5) is 11.4 Å². The Labute approximate surface area is 183 Å². The molecule has 8 nitrogen and oxygen atoms in total.